The van der Waals surface area contributed by atoms with Gasteiger partial charge in [0.25, 0.3) is 0 Å². The van der Waals surface area contributed by atoms with Gasteiger partial charge in [0, 0.05) is 5.56 Å². The molecule has 1 aromatic rings. The molecule has 0 bridgehead atoms. The van der Waals surface area contributed by atoms with Crippen LogP contribution in [0.25, 0.3) is 0 Å². The molecule has 0 aliphatic heterocycles. The molecular formula is C15H14Cl2O3. The number of benzene rings is 1. The molecule has 1 saturated carbocycles. The Morgan fingerprint density at radius 3 is 2.35 bits per heavy atom. The second-order valence-corrected chi connectivity index (χ2v) is 6.40. The SMILES string of the molecule is CC1(C)[C@H](C=C(Cl)Cl)[C@@H]1C(=O)Oc1ccc(C=O)cc1. The third-order valence-corrected chi connectivity index (χ3v) is 3.96. The Labute approximate surface area is 127 Å². The van der Waals surface area contributed by atoms with Crippen LogP contribution < -0.4 is 4.74 Å². The molecule has 1 aromatic carbocycles. The van der Waals surface area contributed by atoms with Crippen molar-refractivity contribution < 1.29 is 14.3 Å². The van der Waals surface area contributed by atoms with Crippen LogP contribution in [-0.2, 0) is 4.79 Å². The Morgan fingerprint density at radius 1 is 1.25 bits per heavy atom. The Kier molecular flexibility index (Phi) is 4.21. The number of aldehydes is 1. The molecule has 1 aliphatic rings. The normalized spacial score (nSPS) is 22.8. The Bertz CT molecular complexity index is 557. The van der Waals surface area contributed by atoms with Gasteiger partial charge in [-0.15, -0.1) is 0 Å². The lowest BCUT2D eigenvalue weighted by Crippen LogP contribution is -2.13. The molecule has 106 valence electrons. The van der Waals surface area contributed by atoms with E-state index in [-0.39, 0.29) is 27.7 Å². The van der Waals surface area contributed by atoms with E-state index >= 15 is 0 Å². The summed E-state index contributed by atoms with van der Waals surface area (Å²) >= 11 is 11.3. The van der Waals surface area contributed by atoms with Crippen LogP contribution in [0.4, 0.5) is 0 Å². The first-order chi connectivity index (χ1) is 9.36. The lowest BCUT2D eigenvalue weighted by Gasteiger charge is -2.05. The average Bonchev–Trinajstić information content (AvgIpc) is 2.91. The van der Waals surface area contributed by atoms with Gasteiger partial charge >= 0.3 is 5.97 Å². The van der Waals surface area contributed by atoms with Crippen LogP contribution >= 0.6 is 23.2 Å². The number of carbonyl (C=O) groups excluding carboxylic acids is 2. The standard InChI is InChI=1S/C15H14Cl2O3/c1-15(2)11(7-12(16)17)13(15)14(19)20-10-5-3-9(8-18)4-6-10/h3-8,11,13H,1-2H3/t11-,13-/m1/s1. The molecule has 0 radical (unpaired) electrons. The van der Waals surface area contributed by atoms with Crippen LogP contribution in [0.3, 0.4) is 0 Å². The van der Waals surface area contributed by atoms with Gasteiger partial charge in [0.05, 0.1) is 5.92 Å². The summed E-state index contributed by atoms with van der Waals surface area (Å²) in [5.74, 6) is -0.178. The van der Waals surface area contributed by atoms with Gasteiger partial charge in [-0.05, 0) is 41.7 Å². The van der Waals surface area contributed by atoms with Gasteiger partial charge in [-0.25, -0.2) is 0 Å². The van der Waals surface area contributed by atoms with Crippen LogP contribution in [0.2, 0.25) is 0 Å². The maximum Gasteiger partial charge on any atom is 0.315 e. The first-order valence-corrected chi connectivity index (χ1v) is 6.91. The number of ether oxygens (including phenoxy) is 1. The summed E-state index contributed by atoms with van der Waals surface area (Å²) in [6.45, 7) is 3.93. The fourth-order valence-electron chi connectivity index (χ4n) is 2.37. The summed E-state index contributed by atoms with van der Waals surface area (Å²) in [5, 5.41) is 0. The van der Waals surface area contributed by atoms with Gasteiger partial charge in [0.1, 0.15) is 16.5 Å². The van der Waals surface area contributed by atoms with E-state index in [1.807, 2.05) is 13.8 Å². The highest BCUT2D eigenvalue weighted by Crippen LogP contribution is 2.60. The third-order valence-electron chi connectivity index (χ3n) is 3.70. The quantitative estimate of drug-likeness (QED) is 0.479. The van der Waals surface area contributed by atoms with Gasteiger partial charge < -0.3 is 4.74 Å². The maximum absolute atomic E-state index is 12.1. The zero-order valence-electron chi connectivity index (χ0n) is 11.1. The molecule has 0 saturated heterocycles. The molecular weight excluding hydrogens is 299 g/mol. The second-order valence-electron chi connectivity index (χ2n) is 5.39. The Morgan fingerprint density at radius 2 is 1.85 bits per heavy atom. The van der Waals surface area contributed by atoms with E-state index < -0.39 is 0 Å². The molecule has 0 heterocycles. The van der Waals surface area contributed by atoms with Gasteiger partial charge in [0.2, 0.25) is 0 Å². The number of hydrogen-bond acceptors (Lipinski definition) is 3. The highest BCUT2D eigenvalue weighted by atomic mass is 35.5. The van der Waals surface area contributed by atoms with Crippen LogP contribution in [0, 0.1) is 17.3 Å². The summed E-state index contributed by atoms with van der Waals surface area (Å²) in [5.41, 5.74) is 0.320. The average molecular weight is 313 g/mol. The predicted octanol–water partition coefficient (Wildman–Crippen LogP) is 4.00. The van der Waals surface area contributed by atoms with Crippen LogP contribution in [0.1, 0.15) is 24.2 Å². The third kappa shape index (κ3) is 3.05. The van der Waals surface area contributed by atoms with Gasteiger partial charge in [0.15, 0.2) is 0 Å². The summed E-state index contributed by atoms with van der Waals surface area (Å²) in [7, 11) is 0. The van der Waals surface area contributed by atoms with Crippen molar-refractivity contribution in [3.05, 3.63) is 40.4 Å². The number of carbonyl (C=O) groups is 2. The molecule has 2 atom stereocenters. The largest absolute Gasteiger partial charge is 0.426 e. The van der Waals surface area contributed by atoms with E-state index in [0.29, 0.717) is 11.3 Å². The minimum absolute atomic E-state index is 0.0192. The number of esters is 1. The second kappa shape index (κ2) is 5.58. The zero-order chi connectivity index (χ0) is 14.9. The molecule has 0 unspecified atom stereocenters. The van der Waals surface area contributed by atoms with Gasteiger partial charge in [-0.3, -0.25) is 9.59 Å². The van der Waals surface area contributed by atoms with Crippen molar-refractivity contribution in [2.75, 3.05) is 0 Å². The molecule has 0 N–H and O–H groups in total. The first-order valence-electron chi connectivity index (χ1n) is 6.16. The van der Waals surface area contributed by atoms with E-state index in [0.717, 1.165) is 6.29 Å². The molecule has 1 fully saturated rings. The first kappa shape index (κ1) is 15.1. The monoisotopic (exact) mass is 312 g/mol. The number of hydrogen-bond donors (Lipinski definition) is 0. The van der Waals surface area contributed by atoms with Crippen LogP contribution in [0.15, 0.2) is 34.8 Å². The van der Waals surface area contributed by atoms with Crippen molar-refractivity contribution in [2.45, 2.75) is 13.8 Å². The highest BCUT2D eigenvalue weighted by molar-refractivity contribution is 6.55. The van der Waals surface area contributed by atoms with E-state index in [4.69, 9.17) is 27.9 Å². The van der Waals surface area contributed by atoms with Crippen molar-refractivity contribution in [1.29, 1.82) is 0 Å². The van der Waals surface area contributed by atoms with Crippen LogP contribution in [0.5, 0.6) is 5.75 Å². The van der Waals surface area contributed by atoms with Crippen molar-refractivity contribution >= 4 is 35.5 Å². The fraction of sp³-hybridized carbons (Fsp3) is 0.333. The minimum Gasteiger partial charge on any atom is -0.426 e. The molecule has 2 rings (SSSR count). The molecule has 3 nitrogen and oxygen atoms in total. The van der Waals surface area contributed by atoms with Crippen molar-refractivity contribution in [1.82, 2.24) is 0 Å². The molecule has 20 heavy (non-hydrogen) atoms. The minimum atomic E-state index is -0.315. The zero-order valence-corrected chi connectivity index (χ0v) is 12.6. The fourth-order valence-corrected chi connectivity index (χ4v) is 2.64. The van der Waals surface area contributed by atoms with Crippen LogP contribution in [-0.4, -0.2) is 12.3 Å². The number of halogens is 2. The Hall–Kier alpha value is -1.32. The van der Waals surface area contributed by atoms with E-state index in [1.54, 1.807) is 30.3 Å². The van der Waals surface area contributed by atoms with E-state index in [9.17, 15) is 9.59 Å². The van der Waals surface area contributed by atoms with Crippen molar-refractivity contribution in [2.24, 2.45) is 17.3 Å². The topological polar surface area (TPSA) is 43.4 Å². The van der Waals surface area contributed by atoms with Gasteiger partial charge in [-0.1, -0.05) is 37.0 Å². The highest BCUT2D eigenvalue weighted by Gasteiger charge is 2.61. The smallest absolute Gasteiger partial charge is 0.315 e. The molecule has 0 aromatic heterocycles. The number of rotatable bonds is 4. The van der Waals surface area contributed by atoms with Crippen molar-refractivity contribution in [3.8, 4) is 5.75 Å². The summed E-state index contributed by atoms with van der Waals surface area (Å²) in [6, 6.07) is 6.38. The molecule has 1 aliphatic carbocycles. The van der Waals surface area contributed by atoms with Crippen molar-refractivity contribution in [3.63, 3.8) is 0 Å². The lowest BCUT2D eigenvalue weighted by atomic mass is 10.1. The maximum atomic E-state index is 12.1. The van der Waals surface area contributed by atoms with Gasteiger partial charge in [-0.2, -0.15) is 0 Å². The summed E-state index contributed by atoms with van der Waals surface area (Å²) in [4.78, 5) is 22.7. The lowest BCUT2D eigenvalue weighted by molar-refractivity contribution is -0.136. The van der Waals surface area contributed by atoms with E-state index in [2.05, 4.69) is 0 Å². The number of allylic oxidation sites excluding steroid dienone is 1. The summed E-state index contributed by atoms with van der Waals surface area (Å²) in [6.07, 6.45) is 2.41. The Balaban J connectivity index is 2.05. The molecule has 0 spiro atoms. The summed E-state index contributed by atoms with van der Waals surface area (Å²) < 4.78 is 5.48. The van der Waals surface area contributed by atoms with E-state index in [1.165, 1.54) is 0 Å². The molecule has 0 amide bonds. The predicted molar refractivity (Wildman–Crippen MR) is 78.0 cm³/mol. The molecule has 5 heteroatoms.